The maximum absolute atomic E-state index is 13.1. The topological polar surface area (TPSA) is 136 Å². The Kier molecular flexibility index (Phi) is 5.88. The lowest BCUT2D eigenvalue weighted by atomic mass is 9.96. The van der Waals surface area contributed by atoms with E-state index in [1.165, 1.54) is 35.5 Å². The number of nitrogens with one attached hydrogen (secondary N) is 1. The van der Waals surface area contributed by atoms with Crippen molar-refractivity contribution in [3.63, 3.8) is 0 Å². The number of benzene rings is 1. The molecule has 1 aliphatic rings. The Bertz CT molecular complexity index is 1160. The van der Waals surface area contributed by atoms with Gasteiger partial charge in [-0.1, -0.05) is 6.07 Å². The first-order chi connectivity index (χ1) is 15.4. The lowest BCUT2D eigenvalue weighted by Gasteiger charge is -2.32. The zero-order valence-corrected chi connectivity index (χ0v) is 17.3. The summed E-state index contributed by atoms with van der Waals surface area (Å²) in [5.41, 5.74) is 0.935. The van der Waals surface area contributed by atoms with E-state index < -0.39 is 4.92 Å². The van der Waals surface area contributed by atoms with Gasteiger partial charge in [-0.15, -0.1) is 0 Å². The normalized spacial score (nSPS) is 15.9. The molecule has 1 atom stereocenters. The number of aryl methyl sites for hydroxylation is 1. The number of nitro benzene ring substituents is 1. The van der Waals surface area contributed by atoms with E-state index in [2.05, 4.69) is 20.4 Å². The van der Waals surface area contributed by atoms with Gasteiger partial charge in [-0.3, -0.25) is 19.7 Å². The highest BCUT2D eigenvalue weighted by atomic mass is 16.6. The number of rotatable bonds is 5. The molecule has 0 aliphatic carbocycles. The van der Waals surface area contributed by atoms with Crippen LogP contribution in [0.15, 0.2) is 49.1 Å². The lowest BCUT2D eigenvalue weighted by molar-refractivity contribution is -0.384. The van der Waals surface area contributed by atoms with E-state index in [1.807, 2.05) is 19.1 Å². The van der Waals surface area contributed by atoms with Gasteiger partial charge in [-0.2, -0.15) is 5.10 Å². The second-order valence-electron chi connectivity index (χ2n) is 7.54. The predicted molar refractivity (Wildman–Crippen MR) is 114 cm³/mol. The Morgan fingerprint density at radius 3 is 2.81 bits per heavy atom. The highest BCUT2D eigenvalue weighted by molar-refractivity contribution is 5.97. The number of carbonyl (C=O) groups excluding carboxylic acids is 2. The van der Waals surface area contributed by atoms with Crippen molar-refractivity contribution in [1.29, 1.82) is 0 Å². The monoisotopic (exact) mass is 435 g/mol. The molecule has 0 saturated carbocycles. The fraction of sp³-hybridized carbons (Fsp3) is 0.286. The number of aromatic nitrogens is 4. The summed E-state index contributed by atoms with van der Waals surface area (Å²) in [6.07, 6.45) is 3.92. The molecule has 0 radical (unpaired) electrons. The predicted octanol–water partition coefficient (Wildman–Crippen LogP) is 2.37. The number of hydrogen-bond acceptors (Lipinski definition) is 7. The van der Waals surface area contributed by atoms with Crippen LogP contribution in [-0.2, 0) is 4.79 Å². The number of piperidine rings is 1. The van der Waals surface area contributed by atoms with Gasteiger partial charge in [0, 0.05) is 30.4 Å². The first kappa shape index (κ1) is 21.1. The van der Waals surface area contributed by atoms with Crippen LogP contribution in [0, 0.1) is 23.0 Å². The summed E-state index contributed by atoms with van der Waals surface area (Å²) in [5, 5.41) is 18.3. The molecule has 0 bridgehead atoms. The molecule has 11 nitrogen and oxygen atoms in total. The zero-order chi connectivity index (χ0) is 22.7. The number of anilines is 1. The minimum atomic E-state index is -0.560. The maximum Gasteiger partial charge on any atom is 0.295 e. The van der Waals surface area contributed by atoms with Crippen molar-refractivity contribution >= 4 is 23.3 Å². The molecule has 2 amide bonds. The highest BCUT2D eigenvalue weighted by Crippen LogP contribution is 2.26. The Labute approximate surface area is 183 Å². The first-order valence-corrected chi connectivity index (χ1v) is 10.1. The quantitative estimate of drug-likeness (QED) is 0.480. The van der Waals surface area contributed by atoms with Crippen molar-refractivity contribution in [2.24, 2.45) is 5.92 Å². The van der Waals surface area contributed by atoms with Crippen molar-refractivity contribution < 1.29 is 14.5 Å². The summed E-state index contributed by atoms with van der Waals surface area (Å²) < 4.78 is 1.27. The molecular weight excluding hydrogens is 414 g/mol. The van der Waals surface area contributed by atoms with Gasteiger partial charge in [0.25, 0.3) is 11.6 Å². The highest BCUT2D eigenvalue weighted by Gasteiger charge is 2.30. The van der Waals surface area contributed by atoms with E-state index >= 15 is 0 Å². The van der Waals surface area contributed by atoms with Gasteiger partial charge in [0.1, 0.15) is 24.2 Å². The molecule has 32 heavy (non-hydrogen) atoms. The van der Waals surface area contributed by atoms with E-state index in [4.69, 9.17) is 0 Å². The van der Waals surface area contributed by atoms with Crippen molar-refractivity contribution in [3.8, 4) is 5.69 Å². The lowest BCUT2D eigenvalue weighted by Crippen LogP contribution is -2.43. The van der Waals surface area contributed by atoms with Gasteiger partial charge in [-0.05, 0) is 44.0 Å². The number of hydrogen-bond donors (Lipinski definition) is 1. The van der Waals surface area contributed by atoms with Crippen LogP contribution in [0.5, 0.6) is 0 Å². The van der Waals surface area contributed by atoms with Crippen molar-refractivity contribution in [2.75, 3.05) is 18.4 Å². The molecule has 11 heteroatoms. The van der Waals surface area contributed by atoms with Gasteiger partial charge >= 0.3 is 0 Å². The Morgan fingerprint density at radius 1 is 1.25 bits per heavy atom. The Balaban J connectivity index is 1.50. The van der Waals surface area contributed by atoms with Gasteiger partial charge < -0.3 is 10.2 Å². The summed E-state index contributed by atoms with van der Waals surface area (Å²) in [5.74, 6) is -0.477. The number of nitro groups is 1. The van der Waals surface area contributed by atoms with Crippen molar-refractivity contribution in [3.05, 3.63) is 70.4 Å². The molecule has 2 aromatic heterocycles. The summed E-state index contributed by atoms with van der Waals surface area (Å²) in [7, 11) is 0. The molecule has 1 fully saturated rings. The van der Waals surface area contributed by atoms with Crippen LogP contribution < -0.4 is 5.32 Å². The van der Waals surface area contributed by atoms with Crippen LogP contribution >= 0.6 is 0 Å². The summed E-state index contributed by atoms with van der Waals surface area (Å²) >= 11 is 0. The van der Waals surface area contributed by atoms with Gasteiger partial charge in [0.15, 0.2) is 0 Å². The molecule has 1 aliphatic heterocycles. The van der Waals surface area contributed by atoms with Gasteiger partial charge in [0.2, 0.25) is 5.91 Å². The molecule has 1 saturated heterocycles. The van der Waals surface area contributed by atoms with Crippen molar-refractivity contribution in [2.45, 2.75) is 19.8 Å². The number of amides is 2. The molecule has 1 aromatic carbocycles. The summed E-state index contributed by atoms with van der Waals surface area (Å²) in [4.78, 5) is 46.4. The van der Waals surface area contributed by atoms with E-state index in [1.54, 1.807) is 11.0 Å². The van der Waals surface area contributed by atoms with E-state index in [-0.39, 0.29) is 41.2 Å². The molecule has 3 heterocycles. The zero-order valence-electron chi connectivity index (χ0n) is 17.3. The molecule has 1 N–H and O–H groups in total. The van der Waals surface area contributed by atoms with Gasteiger partial charge in [0.05, 0.1) is 10.8 Å². The third-order valence-corrected chi connectivity index (χ3v) is 5.30. The average molecular weight is 435 g/mol. The van der Waals surface area contributed by atoms with Gasteiger partial charge in [-0.25, -0.2) is 14.6 Å². The smallest absolute Gasteiger partial charge is 0.295 e. The van der Waals surface area contributed by atoms with Crippen LogP contribution in [0.1, 0.15) is 28.9 Å². The Hall–Kier alpha value is -4.15. The number of pyridine rings is 1. The number of nitrogens with zero attached hydrogens (tertiary/aromatic N) is 6. The average Bonchev–Trinajstić information content (AvgIpc) is 3.33. The second-order valence-corrected chi connectivity index (χ2v) is 7.54. The third kappa shape index (κ3) is 4.46. The fourth-order valence-corrected chi connectivity index (χ4v) is 3.73. The SMILES string of the molecule is Cc1cccc(NC(=O)C2CCCN(C(=O)c3ccc(-n4cncn4)c([N+](=O)[O-])c3)C2)n1. The minimum absolute atomic E-state index is 0.182. The van der Waals surface area contributed by atoms with Crippen LogP contribution in [0.2, 0.25) is 0 Å². The Morgan fingerprint density at radius 2 is 2.09 bits per heavy atom. The van der Waals surface area contributed by atoms with Crippen LogP contribution in [-0.4, -0.2) is 54.5 Å². The largest absolute Gasteiger partial charge is 0.338 e. The van der Waals surface area contributed by atoms with Crippen LogP contribution in [0.25, 0.3) is 5.69 Å². The molecular formula is C21H21N7O4. The fourth-order valence-electron chi connectivity index (χ4n) is 3.73. The molecule has 0 spiro atoms. The number of likely N-dealkylation sites (tertiary alicyclic amines) is 1. The summed E-state index contributed by atoms with van der Waals surface area (Å²) in [6.45, 7) is 2.54. The molecule has 164 valence electrons. The van der Waals surface area contributed by atoms with Crippen molar-refractivity contribution in [1.82, 2.24) is 24.6 Å². The van der Waals surface area contributed by atoms with E-state index in [0.29, 0.717) is 25.2 Å². The molecule has 3 aromatic rings. The van der Waals surface area contributed by atoms with Crippen LogP contribution in [0.4, 0.5) is 11.5 Å². The second kappa shape index (κ2) is 8.92. The maximum atomic E-state index is 13.1. The molecule has 4 rings (SSSR count). The minimum Gasteiger partial charge on any atom is -0.338 e. The standard InChI is InChI=1S/C21H21N7O4/c1-14-4-2-6-19(24-14)25-20(29)16-5-3-9-26(11-16)21(30)15-7-8-17(18(10-15)28(31)32)27-13-22-12-23-27/h2,4,6-8,10,12-13,16H,3,5,9,11H2,1H3,(H,24,25,29). The molecule has 1 unspecified atom stereocenters. The number of carbonyl (C=O) groups is 2. The van der Waals surface area contributed by atoms with E-state index in [9.17, 15) is 19.7 Å². The van der Waals surface area contributed by atoms with E-state index in [0.717, 1.165) is 5.69 Å². The summed E-state index contributed by atoms with van der Waals surface area (Å²) in [6, 6.07) is 9.59. The third-order valence-electron chi connectivity index (χ3n) is 5.30. The van der Waals surface area contributed by atoms with Crippen LogP contribution in [0.3, 0.4) is 0 Å². The first-order valence-electron chi connectivity index (χ1n) is 10.1.